The molecule has 0 bridgehead atoms. The number of thioether (sulfide) groups is 1. The van der Waals surface area contributed by atoms with Crippen molar-refractivity contribution in [3.63, 3.8) is 0 Å². The highest BCUT2D eigenvalue weighted by Crippen LogP contribution is 2.45. The second kappa shape index (κ2) is 16.9. The van der Waals surface area contributed by atoms with Gasteiger partial charge in [0.05, 0.1) is 18.3 Å². The van der Waals surface area contributed by atoms with Crippen LogP contribution in [0.25, 0.3) is 0 Å². The number of nitrogens with two attached hydrogens (primary N) is 1. The molecule has 2 aromatic heterocycles. The van der Waals surface area contributed by atoms with Gasteiger partial charge >= 0.3 is 12.1 Å². The second-order valence-corrected chi connectivity index (χ2v) is 16.1. The standard InChI is InChI=1S/C38H38ClN7O7S2/c1-38(2,3)53-37(50)42-20-23-25(16-11-19-41-23)54-26-18-17-24-27(43-33(47)29(45-51-4)28-32(39)55-36(40)44-28)34(48)46(24)30(26)35(49)52-31(21-12-7-5-8-13-21)22-14-9-6-10-15-22/h5-16,19,24,27,31H,17-18,20H2,1-4H3,(H2,40,44)(H,42,50)(H,43,47)/t24-,27+/m1/s1. The first kappa shape index (κ1) is 39.2. The summed E-state index contributed by atoms with van der Waals surface area (Å²) < 4.78 is 11.8. The number of ether oxygens (including phenoxy) is 2. The Hall–Kier alpha value is -5.45. The van der Waals surface area contributed by atoms with E-state index in [0.29, 0.717) is 28.3 Å². The minimum absolute atomic E-state index is 0.0138. The molecule has 3 amide bonds. The topological polar surface area (TPSA) is 187 Å². The molecule has 6 rings (SSSR count). The van der Waals surface area contributed by atoms with Crippen molar-refractivity contribution in [2.45, 2.75) is 68.8 Å². The minimum atomic E-state index is -1.01. The van der Waals surface area contributed by atoms with Gasteiger partial charge in [0, 0.05) is 16.0 Å². The van der Waals surface area contributed by atoms with E-state index in [9.17, 15) is 19.2 Å². The Morgan fingerprint density at radius 3 is 2.35 bits per heavy atom. The number of aromatic nitrogens is 2. The quantitative estimate of drug-likeness (QED) is 0.0663. The summed E-state index contributed by atoms with van der Waals surface area (Å²) >= 11 is 8.49. The molecule has 14 nitrogen and oxygen atoms in total. The molecule has 55 heavy (non-hydrogen) atoms. The van der Waals surface area contributed by atoms with Crippen LogP contribution in [0.5, 0.6) is 0 Å². The lowest BCUT2D eigenvalue weighted by molar-refractivity contribution is -0.158. The number of alkyl carbamates (subject to hydrolysis) is 1. The summed E-state index contributed by atoms with van der Waals surface area (Å²) in [4.78, 5) is 70.7. The molecule has 0 spiro atoms. The highest BCUT2D eigenvalue weighted by Gasteiger charge is 2.54. The molecule has 0 aliphatic carbocycles. The number of carbonyl (C=O) groups excluding carboxylic acids is 4. The van der Waals surface area contributed by atoms with Crippen LogP contribution in [0.4, 0.5) is 9.93 Å². The van der Waals surface area contributed by atoms with Crippen LogP contribution in [-0.2, 0) is 35.2 Å². The van der Waals surface area contributed by atoms with Crippen LogP contribution < -0.4 is 16.4 Å². The molecule has 286 valence electrons. The van der Waals surface area contributed by atoms with E-state index in [0.717, 1.165) is 22.5 Å². The number of allylic oxidation sites excluding steroid dienone is 1. The van der Waals surface area contributed by atoms with Crippen molar-refractivity contribution < 1.29 is 33.5 Å². The summed E-state index contributed by atoms with van der Waals surface area (Å²) in [6.45, 7) is 5.35. The molecule has 4 aromatic rings. The van der Waals surface area contributed by atoms with Gasteiger partial charge in [-0.3, -0.25) is 19.5 Å². The van der Waals surface area contributed by atoms with E-state index in [4.69, 9.17) is 31.6 Å². The molecule has 2 aromatic carbocycles. The van der Waals surface area contributed by atoms with Crippen LogP contribution in [0.3, 0.4) is 0 Å². The number of hydrogen-bond acceptors (Lipinski definition) is 13. The lowest BCUT2D eigenvalue weighted by atomic mass is 9.86. The van der Waals surface area contributed by atoms with E-state index < -0.39 is 47.7 Å². The summed E-state index contributed by atoms with van der Waals surface area (Å²) in [7, 11) is 1.26. The first-order valence-corrected chi connectivity index (χ1v) is 19.2. The number of halogens is 1. The number of anilines is 1. The van der Waals surface area contributed by atoms with E-state index in [1.807, 2.05) is 66.7 Å². The molecule has 17 heteroatoms. The van der Waals surface area contributed by atoms with Crippen LogP contribution in [0.15, 0.2) is 99.6 Å². The van der Waals surface area contributed by atoms with E-state index >= 15 is 0 Å². The van der Waals surface area contributed by atoms with Gasteiger partial charge in [-0.25, -0.2) is 14.6 Å². The number of thiazole rings is 1. The van der Waals surface area contributed by atoms with Crippen molar-refractivity contribution in [1.29, 1.82) is 0 Å². The van der Waals surface area contributed by atoms with Crippen LogP contribution in [-0.4, -0.2) is 69.3 Å². The van der Waals surface area contributed by atoms with Crippen LogP contribution >= 0.6 is 34.7 Å². The third-order valence-electron chi connectivity index (χ3n) is 8.41. The fourth-order valence-electron chi connectivity index (χ4n) is 6.07. The Morgan fingerprint density at radius 1 is 1.07 bits per heavy atom. The molecule has 0 saturated carbocycles. The minimum Gasteiger partial charge on any atom is -0.448 e. The van der Waals surface area contributed by atoms with E-state index in [1.54, 1.807) is 33.0 Å². The number of fused-ring (bicyclic) bond motifs is 1. The highest BCUT2D eigenvalue weighted by atomic mass is 35.5. The zero-order valence-electron chi connectivity index (χ0n) is 30.3. The average Bonchev–Trinajstić information content (AvgIpc) is 3.50. The zero-order valence-corrected chi connectivity index (χ0v) is 32.7. The number of nitrogens with zero attached hydrogens (tertiary/aromatic N) is 4. The third kappa shape index (κ3) is 9.10. The fourth-order valence-corrected chi connectivity index (χ4v) is 8.15. The van der Waals surface area contributed by atoms with Gasteiger partial charge in [-0.1, -0.05) is 101 Å². The Kier molecular flexibility index (Phi) is 12.1. The number of esters is 1. The van der Waals surface area contributed by atoms with Crippen LogP contribution in [0.2, 0.25) is 4.34 Å². The molecule has 2 atom stereocenters. The summed E-state index contributed by atoms with van der Waals surface area (Å²) in [5.74, 6) is -2.02. The number of hydrogen-bond donors (Lipinski definition) is 3. The molecule has 2 aliphatic heterocycles. The number of carbonyl (C=O) groups is 4. The van der Waals surface area contributed by atoms with Crippen molar-refractivity contribution in [2.24, 2.45) is 5.16 Å². The number of benzene rings is 2. The van der Waals surface area contributed by atoms with Gasteiger partial charge in [0.15, 0.2) is 16.9 Å². The predicted octanol–water partition coefficient (Wildman–Crippen LogP) is 5.98. The molecule has 2 aliphatic rings. The number of oxime groups is 1. The van der Waals surface area contributed by atoms with E-state index in [2.05, 4.69) is 25.8 Å². The maximum absolute atomic E-state index is 14.5. The highest BCUT2D eigenvalue weighted by molar-refractivity contribution is 8.03. The Balaban J connectivity index is 1.32. The van der Waals surface area contributed by atoms with Gasteiger partial charge < -0.3 is 30.7 Å². The summed E-state index contributed by atoms with van der Waals surface area (Å²) in [5.41, 5.74) is 6.91. The van der Waals surface area contributed by atoms with Gasteiger partial charge in [0.25, 0.3) is 11.8 Å². The van der Waals surface area contributed by atoms with E-state index in [-0.39, 0.29) is 33.1 Å². The predicted molar refractivity (Wildman–Crippen MR) is 208 cm³/mol. The Labute approximate surface area is 330 Å². The molecular formula is C38H38ClN7O7S2. The monoisotopic (exact) mass is 803 g/mol. The molecule has 1 fully saturated rings. The first-order chi connectivity index (χ1) is 26.3. The molecule has 0 unspecified atom stereocenters. The van der Waals surface area contributed by atoms with Gasteiger partial charge in [0.1, 0.15) is 34.5 Å². The number of amides is 3. The lowest BCUT2D eigenvalue weighted by Gasteiger charge is -2.50. The molecule has 1 saturated heterocycles. The number of pyridine rings is 1. The van der Waals surface area contributed by atoms with Crippen molar-refractivity contribution in [2.75, 3.05) is 12.8 Å². The maximum Gasteiger partial charge on any atom is 0.407 e. The number of rotatable bonds is 12. The first-order valence-electron chi connectivity index (χ1n) is 17.1. The van der Waals surface area contributed by atoms with Gasteiger partial charge in [-0.15, -0.1) is 0 Å². The second-order valence-electron chi connectivity index (χ2n) is 13.3. The fraction of sp³-hybridized carbons (Fsp3) is 0.289. The molecule has 0 radical (unpaired) electrons. The normalized spacial score (nSPS) is 16.9. The van der Waals surface area contributed by atoms with Gasteiger partial charge in [0.2, 0.25) is 0 Å². The smallest absolute Gasteiger partial charge is 0.407 e. The lowest BCUT2D eigenvalue weighted by Crippen LogP contribution is -2.72. The average molecular weight is 804 g/mol. The van der Waals surface area contributed by atoms with E-state index in [1.165, 1.54) is 23.8 Å². The Bertz CT molecular complexity index is 2100. The van der Waals surface area contributed by atoms with Crippen molar-refractivity contribution in [1.82, 2.24) is 25.5 Å². The summed E-state index contributed by atoms with van der Waals surface area (Å²) in [6, 6.07) is 20.5. The summed E-state index contributed by atoms with van der Waals surface area (Å²) in [5, 5.41) is 9.40. The maximum atomic E-state index is 14.5. The largest absolute Gasteiger partial charge is 0.448 e. The molecule has 4 heterocycles. The molecular weight excluding hydrogens is 766 g/mol. The zero-order chi connectivity index (χ0) is 39.3. The van der Waals surface area contributed by atoms with Crippen molar-refractivity contribution in [3.05, 3.63) is 116 Å². The van der Waals surface area contributed by atoms with Crippen LogP contribution in [0.1, 0.15) is 62.2 Å². The Morgan fingerprint density at radius 2 is 1.75 bits per heavy atom. The van der Waals surface area contributed by atoms with Gasteiger partial charge in [-0.2, -0.15) is 0 Å². The molecule has 4 N–H and O–H groups in total. The SMILES string of the molecule is CON=C(C(=O)N[C@@H]1C(=O)N2C(C(=O)OC(c3ccccc3)c3ccccc3)=C(Sc3cccnc3CNC(=O)OC(C)(C)C)CC[C@H]12)c1nc(N)sc1Cl. The summed E-state index contributed by atoms with van der Waals surface area (Å²) in [6.07, 6.45) is 0.934. The van der Waals surface area contributed by atoms with Gasteiger partial charge in [-0.05, 0) is 56.9 Å². The third-order valence-corrected chi connectivity index (χ3v) is 10.7. The van der Waals surface area contributed by atoms with Crippen molar-refractivity contribution in [3.8, 4) is 0 Å². The number of nitrogens with one attached hydrogen (secondary N) is 2. The number of nitrogen functional groups attached to an aromatic ring is 1. The van der Waals surface area contributed by atoms with Crippen LogP contribution in [0, 0.1) is 0 Å². The van der Waals surface area contributed by atoms with Crippen molar-refractivity contribution >= 4 is 69.4 Å². The number of β-lactam (4-membered cyclic amide) rings is 1.